The maximum atomic E-state index is 3.86. The third kappa shape index (κ3) is 6.59. The molecule has 3 nitrogen and oxygen atoms in total. The lowest BCUT2D eigenvalue weighted by Gasteiger charge is -2.10. The first-order valence-corrected chi connectivity index (χ1v) is 5.01. The summed E-state index contributed by atoms with van der Waals surface area (Å²) >= 11 is 0. The Morgan fingerprint density at radius 3 is 2.50 bits per heavy atom. The first-order chi connectivity index (χ1) is 7.78. The molecule has 0 spiro atoms. The molecule has 0 fully saturated rings. The van der Waals surface area contributed by atoms with Crippen molar-refractivity contribution in [3.8, 4) is 0 Å². The van der Waals surface area contributed by atoms with E-state index in [9.17, 15) is 0 Å². The normalized spacial score (nSPS) is 12.5. The van der Waals surface area contributed by atoms with E-state index in [4.69, 9.17) is 0 Å². The van der Waals surface area contributed by atoms with Gasteiger partial charge in [-0.2, -0.15) is 0 Å². The topological polar surface area (TPSA) is 28.0 Å². The number of hydrogen-bond acceptors (Lipinski definition) is 2. The van der Waals surface area contributed by atoms with Crippen LogP contribution in [0.1, 0.15) is 13.8 Å². The standard InChI is InChI=1S/C12H17BN3/c1-5-9-11-12(10-6-2)13-16(8-4)15-14-7-3/h5-11H,3-4H2,1-2H3/b9-5-,10-6-,12-11+,15-14?. The fourth-order valence-corrected chi connectivity index (χ4v) is 0.905. The first-order valence-electron chi connectivity index (χ1n) is 5.01. The van der Waals surface area contributed by atoms with Crippen LogP contribution in [0.4, 0.5) is 0 Å². The van der Waals surface area contributed by atoms with Crippen LogP contribution in [-0.2, 0) is 0 Å². The fourth-order valence-electron chi connectivity index (χ4n) is 0.905. The van der Waals surface area contributed by atoms with Crippen LogP contribution in [-0.4, -0.2) is 12.3 Å². The molecule has 1 radical (unpaired) electrons. The number of nitrogens with zero attached hydrogens (tertiary/aromatic N) is 3. The van der Waals surface area contributed by atoms with Crippen LogP contribution in [0.3, 0.4) is 0 Å². The summed E-state index contributed by atoms with van der Waals surface area (Å²) in [6, 6.07) is 0. The lowest BCUT2D eigenvalue weighted by Crippen LogP contribution is -2.16. The average molecular weight is 214 g/mol. The third-order valence-corrected chi connectivity index (χ3v) is 1.55. The number of hydrogen-bond donors (Lipinski definition) is 0. The molecule has 83 valence electrons. The van der Waals surface area contributed by atoms with Gasteiger partial charge in [0.05, 0.1) is 0 Å². The van der Waals surface area contributed by atoms with Gasteiger partial charge in [-0.3, -0.25) is 4.92 Å². The lowest BCUT2D eigenvalue weighted by atomic mass is 9.80. The van der Waals surface area contributed by atoms with E-state index < -0.39 is 0 Å². The lowest BCUT2D eigenvalue weighted by molar-refractivity contribution is 0.595. The molecule has 4 heteroatoms. The highest BCUT2D eigenvalue weighted by atomic mass is 15.5. The minimum Gasteiger partial charge on any atom is -0.300 e. The highest BCUT2D eigenvalue weighted by Gasteiger charge is 2.02. The van der Waals surface area contributed by atoms with Gasteiger partial charge in [0.15, 0.2) is 0 Å². The zero-order valence-corrected chi connectivity index (χ0v) is 9.87. The maximum absolute atomic E-state index is 3.86. The Labute approximate surface area is 98.5 Å². The molecule has 16 heavy (non-hydrogen) atoms. The molecule has 0 heterocycles. The zero-order chi connectivity index (χ0) is 12.2. The summed E-state index contributed by atoms with van der Waals surface area (Å²) in [4.78, 5) is 1.52. The molecule has 0 atom stereocenters. The molecule has 0 aromatic rings. The molecule has 0 amide bonds. The summed E-state index contributed by atoms with van der Waals surface area (Å²) in [6.07, 6.45) is 12.8. The van der Waals surface area contributed by atoms with Crippen molar-refractivity contribution in [2.75, 3.05) is 0 Å². The van der Waals surface area contributed by atoms with E-state index in [-0.39, 0.29) is 0 Å². The average Bonchev–Trinajstić information content (AvgIpc) is 2.31. The SMILES string of the molecule is C=CN=NN([B]C(/C=C\C)=C/C=C\C)C=C. The molecular weight excluding hydrogens is 197 g/mol. The van der Waals surface area contributed by atoms with Crippen LogP contribution < -0.4 is 0 Å². The maximum Gasteiger partial charge on any atom is 0.318 e. The first kappa shape index (κ1) is 14.2. The van der Waals surface area contributed by atoms with Crippen molar-refractivity contribution in [3.05, 3.63) is 61.4 Å². The van der Waals surface area contributed by atoms with Gasteiger partial charge in [0.25, 0.3) is 0 Å². The van der Waals surface area contributed by atoms with E-state index in [0.717, 1.165) is 5.47 Å². The summed E-state index contributed by atoms with van der Waals surface area (Å²) in [5.74, 6) is 0. The van der Waals surface area contributed by atoms with Crippen molar-refractivity contribution in [1.29, 1.82) is 0 Å². The quantitative estimate of drug-likeness (QED) is 0.275. The van der Waals surface area contributed by atoms with Crippen molar-refractivity contribution in [2.45, 2.75) is 13.8 Å². The van der Waals surface area contributed by atoms with Crippen molar-refractivity contribution in [2.24, 2.45) is 10.3 Å². The Bertz CT molecular complexity index is 327. The predicted octanol–water partition coefficient (Wildman–Crippen LogP) is 3.60. The van der Waals surface area contributed by atoms with Gasteiger partial charge in [-0.25, -0.2) is 0 Å². The Balaban J connectivity index is 4.64. The van der Waals surface area contributed by atoms with E-state index in [0.29, 0.717) is 0 Å². The molecule has 0 saturated heterocycles. The van der Waals surface area contributed by atoms with Gasteiger partial charge >= 0.3 is 7.41 Å². The molecule has 0 unspecified atom stereocenters. The van der Waals surface area contributed by atoms with E-state index in [1.165, 1.54) is 11.1 Å². The van der Waals surface area contributed by atoms with Crippen LogP contribution in [0.15, 0.2) is 71.7 Å². The number of allylic oxidation sites excluding steroid dienone is 6. The zero-order valence-electron chi connectivity index (χ0n) is 9.87. The number of rotatable bonds is 7. The smallest absolute Gasteiger partial charge is 0.300 e. The molecule has 0 bridgehead atoms. The highest BCUT2D eigenvalue weighted by molar-refractivity contribution is 6.43. The van der Waals surface area contributed by atoms with Crippen molar-refractivity contribution in [1.82, 2.24) is 4.92 Å². The summed E-state index contributed by atoms with van der Waals surface area (Å²) in [5.41, 5.74) is 1.00. The van der Waals surface area contributed by atoms with Crippen LogP contribution in [0.5, 0.6) is 0 Å². The van der Waals surface area contributed by atoms with Crippen LogP contribution in [0.25, 0.3) is 0 Å². The molecule has 0 N–H and O–H groups in total. The van der Waals surface area contributed by atoms with Gasteiger partial charge in [-0.15, -0.1) is 5.11 Å². The Morgan fingerprint density at radius 1 is 1.25 bits per heavy atom. The van der Waals surface area contributed by atoms with Crippen molar-refractivity contribution >= 4 is 7.41 Å². The van der Waals surface area contributed by atoms with Gasteiger partial charge in [0.2, 0.25) is 0 Å². The Kier molecular flexibility index (Phi) is 8.60. The van der Waals surface area contributed by atoms with Gasteiger partial charge < -0.3 is 0 Å². The second kappa shape index (κ2) is 9.71. The van der Waals surface area contributed by atoms with Crippen LogP contribution in [0.2, 0.25) is 0 Å². The largest absolute Gasteiger partial charge is 0.318 e. The second-order valence-corrected chi connectivity index (χ2v) is 2.77. The summed E-state index contributed by atoms with van der Waals surface area (Å²) in [7, 11) is 1.82. The molecule has 0 aliphatic heterocycles. The summed E-state index contributed by atoms with van der Waals surface area (Å²) in [6.45, 7) is 11.0. The van der Waals surface area contributed by atoms with E-state index in [1.54, 1.807) is 6.20 Å². The van der Waals surface area contributed by atoms with Gasteiger partial charge in [0, 0.05) is 12.4 Å². The van der Waals surface area contributed by atoms with Gasteiger partial charge in [-0.1, -0.05) is 54.2 Å². The fraction of sp³-hybridized carbons (Fsp3) is 0.167. The van der Waals surface area contributed by atoms with E-state index >= 15 is 0 Å². The van der Waals surface area contributed by atoms with Crippen molar-refractivity contribution < 1.29 is 0 Å². The van der Waals surface area contributed by atoms with Gasteiger partial charge in [0.1, 0.15) is 0 Å². The monoisotopic (exact) mass is 214 g/mol. The minimum absolute atomic E-state index is 1.00. The predicted molar refractivity (Wildman–Crippen MR) is 70.6 cm³/mol. The molecule has 0 saturated carbocycles. The molecule has 0 aliphatic carbocycles. The summed E-state index contributed by atoms with van der Waals surface area (Å²) < 4.78 is 0. The van der Waals surface area contributed by atoms with Gasteiger partial charge in [-0.05, 0) is 13.8 Å². The Morgan fingerprint density at radius 2 is 2.00 bits per heavy atom. The highest BCUT2D eigenvalue weighted by Crippen LogP contribution is 2.01. The molecule has 0 aliphatic rings. The summed E-state index contributed by atoms with van der Waals surface area (Å²) in [5, 5.41) is 7.54. The molecule has 0 aromatic heterocycles. The van der Waals surface area contributed by atoms with Crippen molar-refractivity contribution in [3.63, 3.8) is 0 Å². The van der Waals surface area contributed by atoms with Crippen LogP contribution in [0, 0.1) is 0 Å². The second-order valence-electron chi connectivity index (χ2n) is 2.77. The van der Waals surface area contributed by atoms with E-state index in [1.807, 2.05) is 51.6 Å². The van der Waals surface area contributed by atoms with Crippen LogP contribution >= 0.6 is 0 Å². The Hall–Kier alpha value is -1.84. The minimum atomic E-state index is 1.00. The van der Waals surface area contributed by atoms with E-state index in [2.05, 4.69) is 23.5 Å². The third-order valence-electron chi connectivity index (χ3n) is 1.55. The molecular formula is C12H17BN3. The molecule has 0 aromatic carbocycles. The molecule has 0 rings (SSSR count).